The molecule has 0 unspecified atom stereocenters. The normalized spacial score (nSPS) is 14.1. The van der Waals surface area contributed by atoms with E-state index in [1.807, 2.05) is 25.1 Å². The number of nitrogens with zero attached hydrogens (tertiary/aromatic N) is 2. The van der Waals surface area contributed by atoms with Gasteiger partial charge < -0.3 is 9.88 Å². The smallest absolute Gasteiger partial charge is 0.263 e. The van der Waals surface area contributed by atoms with E-state index in [1.165, 1.54) is 4.90 Å². The van der Waals surface area contributed by atoms with Crippen molar-refractivity contribution in [2.75, 3.05) is 27.2 Å². The van der Waals surface area contributed by atoms with Gasteiger partial charge in [-0.05, 0) is 38.4 Å². The molecule has 1 aromatic heterocycles. The summed E-state index contributed by atoms with van der Waals surface area (Å²) in [4.78, 5) is 44.5. The number of fused-ring (bicyclic) bond motifs is 4. The molecule has 2 amide bonds. The zero-order valence-corrected chi connectivity index (χ0v) is 14.0. The molecule has 2 aromatic carbocycles. The fourth-order valence-electron chi connectivity index (χ4n) is 3.27. The van der Waals surface area contributed by atoms with Crippen molar-refractivity contribution < 1.29 is 9.59 Å². The van der Waals surface area contributed by atoms with Gasteiger partial charge in [0.25, 0.3) is 11.8 Å². The van der Waals surface area contributed by atoms with E-state index in [4.69, 9.17) is 0 Å². The van der Waals surface area contributed by atoms with E-state index in [2.05, 4.69) is 4.98 Å². The number of hydrogen-bond acceptors (Lipinski definition) is 4. The average molecular weight is 335 g/mol. The molecule has 0 aliphatic carbocycles. The number of benzene rings is 2. The van der Waals surface area contributed by atoms with Crippen LogP contribution in [0.1, 0.15) is 20.7 Å². The topological polar surface area (TPSA) is 73.5 Å². The summed E-state index contributed by atoms with van der Waals surface area (Å²) in [5, 5.41) is 0.990. The van der Waals surface area contributed by atoms with E-state index in [0.29, 0.717) is 46.0 Å². The van der Waals surface area contributed by atoms with Crippen LogP contribution >= 0.6 is 0 Å². The molecule has 2 heterocycles. The first-order valence-electron chi connectivity index (χ1n) is 8.07. The maximum Gasteiger partial charge on any atom is 0.263 e. The van der Waals surface area contributed by atoms with Crippen molar-refractivity contribution >= 4 is 33.6 Å². The van der Waals surface area contributed by atoms with Crippen LogP contribution in [0.5, 0.6) is 0 Å². The van der Waals surface area contributed by atoms with Gasteiger partial charge in [-0.25, -0.2) is 0 Å². The van der Waals surface area contributed by atoms with Crippen molar-refractivity contribution in [3.8, 4) is 0 Å². The number of aromatic nitrogens is 1. The second kappa shape index (κ2) is 5.53. The summed E-state index contributed by atoms with van der Waals surface area (Å²) < 4.78 is 0. The van der Waals surface area contributed by atoms with E-state index in [0.717, 1.165) is 0 Å². The predicted molar refractivity (Wildman–Crippen MR) is 96.0 cm³/mol. The van der Waals surface area contributed by atoms with Gasteiger partial charge in [-0.1, -0.05) is 12.1 Å². The molecule has 1 N–H and O–H groups in total. The van der Waals surface area contributed by atoms with Gasteiger partial charge in [-0.15, -0.1) is 0 Å². The third kappa shape index (κ3) is 2.26. The third-order valence-corrected chi connectivity index (χ3v) is 4.59. The Bertz CT molecular complexity index is 1100. The van der Waals surface area contributed by atoms with E-state index < -0.39 is 0 Å². The summed E-state index contributed by atoms with van der Waals surface area (Å²) >= 11 is 0. The van der Waals surface area contributed by atoms with Gasteiger partial charge in [-0.2, -0.15) is 0 Å². The Kier molecular flexibility index (Phi) is 3.43. The van der Waals surface area contributed by atoms with Crippen molar-refractivity contribution in [2.24, 2.45) is 0 Å². The molecule has 6 heteroatoms. The first-order chi connectivity index (χ1) is 12.0. The summed E-state index contributed by atoms with van der Waals surface area (Å²) in [5.41, 5.74) is 1.60. The van der Waals surface area contributed by atoms with Crippen LogP contribution in [0.2, 0.25) is 0 Å². The Balaban J connectivity index is 1.95. The standard InChI is InChI=1S/C19H17N3O3/c1-21(2)9-10-22-18(24)12-7-8-13-16(15(12)19(22)25)20-14-6-4-3-5-11(14)17(13)23/h3-8H,9-10H2,1-2H3,(H,20,23). The third-order valence-electron chi connectivity index (χ3n) is 4.59. The molecular weight excluding hydrogens is 318 g/mol. The number of nitrogens with one attached hydrogen (secondary N) is 1. The Labute approximate surface area is 143 Å². The monoisotopic (exact) mass is 335 g/mol. The quantitative estimate of drug-likeness (QED) is 0.585. The van der Waals surface area contributed by atoms with Gasteiger partial charge in [0.15, 0.2) is 5.43 Å². The fraction of sp³-hybridized carbons (Fsp3) is 0.211. The van der Waals surface area contributed by atoms with Crippen LogP contribution in [0.4, 0.5) is 0 Å². The zero-order valence-electron chi connectivity index (χ0n) is 14.0. The summed E-state index contributed by atoms with van der Waals surface area (Å²) in [6, 6.07) is 10.4. The van der Waals surface area contributed by atoms with E-state index in [1.54, 1.807) is 30.3 Å². The summed E-state index contributed by atoms with van der Waals surface area (Å²) in [7, 11) is 3.77. The largest absolute Gasteiger partial charge is 0.354 e. The number of aromatic amines is 1. The molecule has 25 heavy (non-hydrogen) atoms. The summed E-state index contributed by atoms with van der Waals surface area (Å²) in [6.45, 7) is 0.904. The maximum atomic E-state index is 12.8. The van der Waals surface area contributed by atoms with Crippen LogP contribution in [0.3, 0.4) is 0 Å². The fourth-order valence-corrected chi connectivity index (χ4v) is 3.27. The molecular formula is C19H17N3O3. The van der Waals surface area contributed by atoms with Gasteiger partial charge in [0, 0.05) is 29.4 Å². The first-order valence-corrected chi connectivity index (χ1v) is 8.07. The van der Waals surface area contributed by atoms with Crippen LogP contribution in [0.25, 0.3) is 21.8 Å². The van der Waals surface area contributed by atoms with Crippen LogP contribution in [0, 0.1) is 0 Å². The SMILES string of the molecule is CN(C)CCN1C(=O)c2ccc3c(=O)c4ccccc4[nH]c3c2C1=O. The molecule has 1 aliphatic rings. The van der Waals surface area contributed by atoms with Crippen molar-refractivity contribution in [1.82, 2.24) is 14.8 Å². The second-order valence-electron chi connectivity index (χ2n) is 6.48. The number of para-hydroxylation sites is 1. The molecule has 1 aliphatic heterocycles. The highest BCUT2D eigenvalue weighted by Crippen LogP contribution is 2.29. The number of imide groups is 1. The van der Waals surface area contributed by atoms with Crippen LogP contribution in [-0.4, -0.2) is 53.8 Å². The molecule has 0 saturated carbocycles. The number of pyridine rings is 1. The van der Waals surface area contributed by atoms with Gasteiger partial charge in [-0.3, -0.25) is 19.3 Å². The lowest BCUT2D eigenvalue weighted by molar-refractivity contribution is 0.0645. The average Bonchev–Trinajstić information content (AvgIpc) is 2.84. The number of rotatable bonds is 3. The molecule has 0 atom stereocenters. The minimum absolute atomic E-state index is 0.140. The molecule has 0 radical (unpaired) electrons. The Morgan fingerprint density at radius 3 is 2.48 bits per heavy atom. The first kappa shape index (κ1) is 15.5. The number of likely N-dealkylation sites (N-methyl/N-ethyl adjacent to an activating group) is 1. The Morgan fingerprint density at radius 1 is 0.960 bits per heavy atom. The number of carbonyl (C=O) groups excluding carboxylic acids is 2. The number of hydrogen-bond donors (Lipinski definition) is 1. The number of amides is 2. The highest BCUT2D eigenvalue weighted by atomic mass is 16.2. The summed E-state index contributed by atoms with van der Waals surface area (Å²) in [6.07, 6.45) is 0. The van der Waals surface area contributed by atoms with E-state index >= 15 is 0 Å². The van der Waals surface area contributed by atoms with Gasteiger partial charge in [0.1, 0.15) is 0 Å². The molecule has 4 rings (SSSR count). The van der Waals surface area contributed by atoms with Crippen molar-refractivity contribution in [3.63, 3.8) is 0 Å². The van der Waals surface area contributed by atoms with Gasteiger partial charge in [0.05, 0.1) is 16.6 Å². The molecule has 0 bridgehead atoms. The minimum atomic E-state index is -0.349. The summed E-state index contributed by atoms with van der Waals surface area (Å²) in [5.74, 6) is -0.656. The maximum absolute atomic E-state index is 12.8. The van der Waals surface area contributed by atoms with Crippen LogP contribution in [0.15, 0.2) is 41.2 Å². The molecule has 6 nitrogen and oxygen atoms in total. The molecule has 0 spiro atoms. The second-order valence-corrected chi connectivity index (χ2v) is 6.48. The van der Waals surface area contributed by atoms with Crippen LogP contribution < -0.4 is 5.43 Å². The lowest BCUT2D eigenvalue weighted by Crippen LogP contribution is -2.35. The molecule has 126 valence electrons. The lowest BCUT2D eigenvalue weighted by Gasteiger charge is -2.16. The molecule has 0 fully saturated rings. The van der Waals surface area contributed by atoms with Crippen molar-refractivity contribution in [2.45, 2.75) is 0 Å². The Morgan fingerprint density at radius 2 is 1.72 bits per heavy atom. The highest BCUT2D eigenvalue weighted by Gasteiger charge is 2.37. The van der Waals surface area contributed by atoms with Gasteiger partial charge in [0.2, 0.25) is 0 Å². The number of H-pyrrole nitrogens is 1. The predicted octanol–water partition coefficient (Wildman–Crippen LogP) is 1.84. The molecule has 3 aromatic rings. The van der Waals surface area contributed by atoms with E-state index in [9.17, 15) is 14.4 Å². The zero-order chi connectivity index (χ0) is 17.7. The Hall–Kier alpha value is -2.99. The minimum Gasteiger partial charge on any atom is -0.354 e. The van der Waals surface area contributed by atoms with Gasteiger partial charge >= 0.3 is 0 Å². The lowest BCUT2D eigenvalue weighted by atomic mass is 10.0. The van der Waals surface area contributed by atoms with Crippen molar-refractivity contribution in [3.05, 3.63) is 57.7 Å². The van der Waals surface area contributed by atoms with Crippen molar-refractivity contribution in [1.29, 1.82) is 0 Å². The number of carbonyl (C=O) groups is 2. The van der Waals surface area contributed by atoms with Crippen LogP contribution in [-0.2, 0) is 0 Å². The molecule has 0 saturated heterocycles. The van der Waals surface area contributed by atoms with E-state index in [-0.39, 0.29) is 17.2 Å². The highest BCUT2D eigenvalue weighted by molar-refractivity contribution is 6.26.